The van der Waals surface area contributed by atoms with Gasteiger partial charge in [0.1, 0.15) is 4.90 Å². The highest BCUT2D eigenvalue weighted by atomic mass is 32.2. The van der Waals surface area contributed by atoms with Crippen LogP contribution in [0, 0.1) is 5.41 Å². The highest BCUT2D eigenvalue weighted by Gasteiger charge is 2.22. The van der Waals surface area contributed by atoms with Crippen LogP contribution in [0.3, 0.4) is 0 Å². The maximum absolute atomic E-state index is 12.2. The summed E-state index contributed by atoms with van der Waals surface area (Å²) in [6.07, 6.45) is 2.43. The Hall–Kier alpha value is -0.980. The molecular weight excluding hydrogens is 250 g/mol. The van der Waals surface area contributed by atoms with E-state index >= 15 is 0 Å². The summed E-state index contributed by atoms with van der Waals surface area (Å²) < 4.78 is 27.0. The molecule has 0 bridgehead atoms. The first-order valence-corrected chi connectivity index (χ1v) is 7.44. The Bertz CT molecular complexity index is 498. The van der Waals surface area contributed by atoms with E-state index in [1.54, 1.807) is 6.07 Å². The topological polar surface area (TPSA) is 85.1 Å². The van der Waals surface area contributed by atoms with Crippen LogP contribution in [0.1, 0.15) is 32.9 Å². The number of pyridine rings is 1. The third-order valence-electron chi connectivity index (χ3n) is 3.03. The number of sulfonamides is 1. The van der Waals surface area contributed by atoms with Gasteiger partial charge in [0.2, 0.25) is 10.0 Å². The lowest BCUT2D eigenvalue weighted by molar-refractivity contribution is 0.350. The number of nitrogens with zero attached hydrogens (tertiary/aromatic N) is 1. The minimum Gasteiger partial charge on any atom is -0.325 e. The zero-order valence-electron chi connectivity index (χ0n) is 11.1. The van der Waals surface area contributed by atoms with Crippen molar-refractivity contribution in [3.8, 4) is 0 Å². The van der Waals surface area contributed by atoms with Gasteiger partial charge >= 0.3 is 0 Å². The fourth-order valence-electron chi connectivity index (χ4n) is 1.31. The number of nitrogens with one attached hydrogen (secondary N) is 1. The first-order valence-electron chi connectivity index (χ1n) is 5.96. The Morgan fingerprint density at radius 2 is 2.11 bits per heavy atom. The summed E-state index contributed by atoms with van der Waals surface area (Å²) in [6, 6.07) is 3.12. The fraction of sp³-hybridized carbons (Fsp3) is 0.583. The van der Waals surface area contributed by atoms with Crippen molar-refractivity contribution in [1.82, 2.24) is 9.71 Å². The van der Waals surface area contributed by atoms with Crippen LogP contribution >= 0.6 is 0 Å². The van der Waals surface area contributed by atoms with Crippen molar-refractivity contribution in [3.05, 3.63) is 24.0 Å². The maximum atomic E-state index is 12.2. The molecule has 0 amide bonds. The van der Waals surface area contributed by atoms with Crippen LogP contribution in [0.2, 0.25) is 0 Å². The minimum absolute atomic E-state index is 0.0713. The molecule has 5 nitrogen and oxygen atoms in total. The van der Waals surface area contributed by atoms with E-state index in [0.717, 1.165) is 6.42 Å². The lowest BCUT2D eigenvalue weighted by atomic mass is 9.91. The molecule has 0 saturated carbocycles. The van der Waals surface area contributed by atoms with Gasteiger partial charge in [-0.1, -0.05) is 20.8 Å². The van der Waals surface area contributed by atoms with Gasteiger partial charge in [-0.3, -0.25) is 4.98 Å². The van der Waals surface area contributed by atoms with Gasteiger partial charge in [0, 0.05) is 19.3 Å². The van der Waals surface area contributed by atoms with Crippen molar-refractivity contribution in [3.63, 3.8) is 0 Å². The van der Waals surface area contributed by atoms with E-state index in [2.05, 4.69) is 9.71 Å². The second kappa shape index (κ2) is 5.77. The first-order chi connectivity index (χ1) is 8.32. The molecule has 0 aliphatic rings. The second-order valence-electron chi connectivity index (χ2n) is 4.99. The molecule has 0 aliphatic heterocycles. The molecule has 0 saturated heterocycles. The normalized spacial score (nSPS) is 12.7. The maximum Gasteiger partial charge on any atom is 0.242 e. The van der Waals surface area contributed by atoms with Crippen LogP contribution in [0.4, 0.5) is 0 Å². The predicted octanol–water partition coefficient (Wildman–Crippen LogP) is 1.25. The molecule has 0 fully saturated rings. The molecule has 102 valence electrons. The summed E-state index contributed by atoms with van der Waals surface area (Å²) in [5.41, 5.74) is 5.82. The highest BCUT2D eigenvalue weighted by Crippen LogP contribution is 2.20. The third kappa shape index (κ3) is 3.76. The second-order valence-corrected chi connectivity index (χ2v) is 6.73. The predicted molar refractivity (Wildman–Crippen MR) is 71.4 cm³/mol. The molecule has 0 atom stereocenters. The van der Waals surface area contributed by atoms with Crippen LogP contribution in [0.25, 0.3) is 0 Å². The molecule has 1 rings (SSSR count). The van der Waals surface area contributed by atoms with E-state index in [1.807, 2.05) is 20.8 Å². The molecule has 18 heavy (non-hydrogen) atoms. The van der Waals surface area contributed by atoms with Crippen molar-refractivity contribution in [1.29, 1.82) is 0 Å². The SMILES string of the molecule is CCC(C)(C)CNS(=O)(=O)c1cccnc1CN. The van der Waals surface area contributed by atoms with E-state index < -0.39 is 10.0 Å². The van der Waals surface area contributed by atoms with Gasteiger partial charge in [-0.15, -0.1) is 0 Å². The van der Waals surface area contributed by atoms with Gasteiger partial charge in [-0.05, 0) is 24.0 Å². The average Bonchev–Trinajstić information content (AvgIpc) is 2.37. The molecule has 3 N–H and O–H groups in total. The van der Waals surface area contributed by atoms with Crippen molar-refractivity contribution in [2.45, 2.75) is 38.6 Å². The highest BCUT2D eigenvalue weighted by molar-refractivity contribution is 7.89. The van der Waals surface area contributed by atoms with Gasteiger partial charge in [0.25, 0.3) is 0 Å². The summed E-state index contributed by atoms with van der Waals surface area (Å²) in [5.74, 6) is 0. The minimum atomic E-state index is -3.54. The average molecular weight is 271 g/mol. The smallest absolute Gasteiger partial charge is 0.242 e. The van der Waals surface area contributed by atoms with E-state index in [9.17, 15) is 8.42 Å². The lowest BCUT2D eigenvalue weighted by Crippen LogP contribution is -2.34. The summed E-state index contributed by atoms with van der Waals surface area (Å²) in [4.78, 5) is 4.15. The Morgan fingerprint density at radius 1 is 1.44 bits per heavy atom. The molecule has 1 aromatic heterocycles. The van der Waals surface area contributed by atoms with E-state index in [0.29, 0.717) is 12.2 Å². The van der Waals surface area contributed by atoms with Gasteiger partial charge < -0.3 is 5.73 Å². The van der Waals surface area contributed by atoms with Gasteiger partial charge in [0.05, 0.1) is 5.69 Å². The largest absolute Gasteiger partial charge is 0.325 e. The van der Waals surface area contributed by atoms with Crippen molar-refractivity contribution >= 4 is 10.0 Å². The Kier molecular flexibility index (Phi) is 4.84. The molecule has 1 heterocycles. The summed E-state index contributed by atoms with van der Waals surface area (Å²) in [6.45, 7) is 6.56. The molecule has 1 aromatic rings. The number of aromatic nitrogens is 1. The van der Waals surface area contributed by atoms with E-state index in [1.165, 1.54) is 12.3 Å². The zero-order chi connectivity index (χ0) is 13.8. The van der Waals surface area contributed by atoms with E-state index in [4.69, 9.17) is 5.73 Å². The van der Waals surface area contributed by atoms with Crippen molar-refractivity contribution < 1.29 is 8.42 Å². The van der Waals surface area contributed by atoms with Crippen LogP contribution < -0.4 is 10.5 Å². The third-order valence-corrected chi connectivity index (χ3v) is 4.50. The first kappa shape index (κ1) is 15.1. The zero-order valence-corrected chi connectivity index (χ0v) is 11.9. The Labute approximate surface area is 109 Å². The van der Waals surface area contributed by atoms with Crippen molar-refractivity contribution in [2.75, 3.05) is 6.54 Å². The Morgan fingerprint density at radius 3 is 2.67 bits per heavy atom. The number of nitrogens with two attached hydrogens (primary N) is 1. The molecule has 0 unspecified atom stereocenters. The summed E-state index contributed by atoms with van der Waals surface area (Å²) in [5, 5.41) is 0. The van der Waals surface area contributed by atoms with Crippen molar-refractivity contribution in [2.24, 2.45) is 11.1 Å². The number of rotatable bonds is 6. The quantitative estimate of drug-likeness (QED) is 0.815. The van der Waals surface area contributed by atoms with Gasteiger partial charge in [0.15, 0.2) is 0 Å². The molecular formula is C12H21N3O2S. The number of hydrogen-bond donors (Lipinski definition) is 2. The Balaban J connectivity index is 2.94. The van der Waals surface area contributed by atoms with Crippen LogP contribution in [-0.4, -0.2) is 19.9 Å². The molecule has 6 heteroatoms. The molecule has 0 aromatic carbocycles. The monoisotopic (exact) mass is 271 g/mol. The van der Waals surface area contributed by atoms with Crippen LogP contribution in [0.5, 0.6) is 0 Å². The molecule has 0 spiro atoms. The fourth-order valence-corrected chi connectivity index (χ4v) is 2.75. The summed E-state index contributed by atoms with van der Waals surface area (Å²) >= 11 is 0. The van der Waals surface area contributed by atoms with Crippen LogP contribution in [0.15, 0.2) is 23.2 Å². The standard InChI is InChI=1S/C12H21N3O2S/c1-4-12(2,3)9-15-18(16,17)11-6-5-7-14-10(11)8-13/h5-7,15H,4,8-9,13H2,1-3H3. The van der Waals surface area contributed by atoms with Gasteiger partial charge in [-0.2, -0.15) is 0 Å². The molecule has 0 aliphatic carbocycles. The lowest BCUT2D eigenvalue weighted by Gasteiger charge is -2.23. The van der Waals surface area contributed by atoms with Crippen LogP contribution in [-0.2, 0) is 16.6 Å². The summed E-state index contributed by atoms with van der Waals surface area (Å²) in [7, 11) is -3.54. The van der Waals surface area contributed by atoms with Gasteiger partial charge in [-0.25, -0.2) is 13.1 Å². The number of hydrogen-bond acceptors (Lipinski definition) is 4. The molecule has 0 radical (unpaired) electrons. The van der Waals surface area contributed by atoms with E-state index in [-0.39, 0.29) is 16.9 Å².